The van der Waals surface area contributed by atoms with Crippen LogP contribution >= 0.6 is 35.0 Å². The van der Waals surface area contributed by atoms with E-state index in [9.17, 15) is 14.4 Å². The van der Waals surface area contributed by atoms with Gasteiger partial charge in [-0.3, -0.25) is 24.3 Å². The zero-order valence-electron chi connectivity index (χ0n) is 14.7. The molecule has 0 radical (unpaired) electrons. The molecule has 1 aliphatic rings. The summed E-state index contributed by atoms with van der Waals surface area (Å²) in [5, 5.41) is 3.17. The number of fused-ring (bicyclic) bond motifs is 1. The Balaban J connectivity index is 1.59. The summed E-state index contributed by atoms with van der Waals surface area (Å²) in [6, 6.07) is 13.8. The van der Waals surface area contributed by atoms with E-state index in [1.54, 1.807) is 30.0 Å². The SMILES string of the molecule is Nc1c2c(cc(=O)n1-c1ccc(SCc3ccc(Cl)c(Cl)c3)cc1)C(=O)NC2=O. The van der Waals surface area contributed by atoms with Crippen LogP contribution in [-0.4, -0.2) is 16.4 Å². The van der Waals surface area contributed by atoms with E-state index in [1.807, 2.05) is 24.3 Å². The Morgan fingerprint density at radius 3 is 2.34 bits per heavy atom. The predicted octanol–water partition coefficient (Wildman–Crippen LogP) is 3.90. The fraction of sp³-hybridized carbons (Fsp3) is 0.0500. The predicted molar refractivity (Wildman–Crippen MR) is 114 cm³/mol. The van der Waals surface area contributed by atoms with Gasteiger partial charge in [-0.2, -0.15) is 0 Å². The lowest BCUT2D eigenvalue weighted by Gasteiger charge is -2.12. The number of nitrogens with two attached hydrogens (primary N) is 1. The fourth-order valence-corrected chi connectivity index (χ4v) is 4.20. The Labute approximate surface area is 179 Å². The molecule has 0 spiro atoms. The maximum atomic E-state index is 12.5. The number of nitrogens with one attached hydrogen (secondary N) is 1. The van der Waals surface area contributed by atoms with Gasteiger partial charge in [0.1, 0.15) is 5.82 Å². The van der Waals surface area contributed by atoms with Crippen LogP contribution in [0.4, 0.5) is 5.82 Å². The van der Waals surface area contributed by atoms with E-state index in [4.69, 9.17) is 28.9 Å². The molecule has 2 amide bonds. The summed E-state index contributed by atoms with van der Waals surface area (Å²) in [5.74, 6) is -0.591. The normalized spacial score (nSPS) is 12.8. The Bertz CT molecular complexity index is 1220. The second-order valence-electron chi connectivity index (χ2n) is 6.31. The Morgan fingerprint density at radius 2 is 1.66 bits per heavy atom. The summed E-state index contributed by atoms with van der Waals surface area (Å²) in [4.78, 5) is 37.2. The smallest absolute Gasteiger partial charge is 0.262 e. The molecule has 0 aliphatic carbocycles. The fourth-order valence-electron chi connectivity index (χ4n) is 3.03. The van der Waals surface area contributed by atoms with Gasteiger partial charge in [-0.15, -0.1) is 11.8 Å². The topological polar surface area (TPSA) is 94.2 Å². The van der Waals surface area contributed by atoms with Gasteiger partial charge in [0.2, 0.25) is 0 Å². The number of nitrogen functional groups attached to an aromatic ring is 1. The molecule has 1 aromatic heterocycles. The van der Waals surface area contributed by atoms with Crippen LogP contribution in [0.25, 0.3) is 5.69 Å². The number of carbonyl (C=O) groups excluding carboxylic acids is 2. The lowest BCUT2D eigenvalue weighted by atomic mass is 10.1. The van der Waals surface area contributed by atoms with Gasteiger partial charge in [0.15, 0.2) is 0 Å². The number of halogens is 2. The van der Waals surface area contributed by atoms with Crippen molar-refractivity contribution >= 4 is 52.6 Å². The lowest BCUT2D eigenvalue weighted by Crippen LogP contribution is -2.24. The van der Waals surface area contributed by atoms with Crippen LogP contribution in [0.3, 0.4) is 0 Å². The number of rotatable bonds is 4. The number of thioether (sulfide) groups is 1. The molecule has 2 aromatic carbocycles. The molecule has 2 heterocycles. The average Bonchev–Trinajstić information content (AvgIpc) is 2.97. The van der Waals surface area contributed by atoms with Crippen LogP contribution in [0.15, 0.2) is 58.2 Å². The van der Waals surface area contributed by atoms with Gasteiger partial charge >= 0.3 is 0 Å². The quantitative estimate of drug-likeness (QED) is 0.468. The third-order valence-electron chi connectivity index (χ3n) is 4.44. The number of hydrogen-bond donors (Lipinski definition) is 2. The van der Waals surface area contributed by atoms with Crippen LogP contribution in [-0.2, 0) is 5.75 Å². The van der Waals surface area contributed by atoms with Crippen LogP contribution < -0.4 is 16.6 Å². The van der Waals surface area contributed by atoms with Gasteiger partial charge in [-0.1, -0.05) is 29.3 Å². The van der Waals surface area contributed by atoms with Crippen molar-refractivity contribution in [3.63, 3.8) is 0 Å². The molecule has 146 valence electrons. The van der Waals surface area contributed by atoms with Gasteiger partial charge in [-0.05, 0) is 42.0 Å². The molecule has 0 bridgehead atoms. The standard InChI is InChI=1S/C20H13Cl2N3O3S/c21-14-6-1-10(7-15(14)22)9-29-12-4-2-11(3-5-12)25-16(26)8-13-17(18(25)23)20(28)24-19(13)27/h1-8H,9,23H2,(H,24,27,28). The van der Waals surface area contributed by atoms with Crippen LogP contribution in [0.2, 0.25) is 10.0 Å². The molecule has 29 heavy (non-hydrogen) atoms. The number of amides is 2. The summed E-state index contributed by atoms with van der Waals surface area (Å²) in [5.41, 5.74) is 7.11. The highest BCUT2D eigenvalue weighted by Crippen LogP contribution is 2.29. The summed E-state index contributed by atoms with van der Waals surface area (Å²) >= 11 is 13.6. The summed E-state index contributed by atoms with van der Waals surface area (Å²) in [6.07, 6.45) is 0. The first-order chi connectivity index (χ1) is 13.8. The largest absolute Gasteiger partial charge is 0.384 e. The van der Waals surface area contributed by atoms with Gasteiger partial charge < -0.3 is 5.73 Å². The first kappa shape index (κ1) is 19.6. The molecule has 3 N–H and O–H groups in total. The van der Waals surface area contributed by atoms with E-state index in [-0.39, 0.29) is 16.9 Å². The third kappa shape index (κ3) is 3.64. The molecular weight excluding hydrogens is 433 g/mol. The van der Waals surface area contributed by atoms with Crippen molar-refractivity contribution in [2.24, 2.45) is 0 Å². The number of imide groups is 1. The number of nitrogens with zero attached hydrogens (tertiary/aromatic N) is 1. The first-order valence-corrected chi connectivity index (χ1v) is 10.2. The van der Waals surface area contributed by atoms with Gasteiger partial charge in [-0.25, -0.2) is 0 Å². The Kier molecular flexibility index (Phi) is 5.12. The minimum absolute atomic E-state index is 0.00236. The number of benzene rings is 2. The minimum atomic E-state index is -0.616. The van der Waals surface area contributed by atoms with Crippen molar-refractivity contribution in [1.29, 1.82) is 0 Å². The van der Waals surface area contributed by atoms with Crippen molar-refractivity contribution in [2.45, 2.75) is 10.6 Å². The van der Waals surface area contributed by atoms with Gasteiger partial charge in [0, 0.05) is 16.7 Å². The second-order valence-corrected chi connectivity index (χ2v) is 8.17. The molecule has 0 saturated carbocycles. The molecule has 0 saturated heterocycles. The van der Waals surface area contributed by atoms with E-state index in [0.29, 0.717) is 21.5 Å². The van der Waals surface area contributed by atoms with Gasteiger partial charge in [0.05, 0.1) is 26.9 Å². The molecule has 9 heteroatoms. The monoisotopic (exact) mass is 445 g/mol. The van der Waals surface area contributed by atoms with Crippen LogP contribution in [0.1, 0.15) is 26.3 Å². The number of anilines is 1. The number of carbonyl (C=O) groups is 2. The van der Waals surface area contributed by atoms with E-state index < -0.39 is 17.4 Å². The minimum Gasteiger partial charge on any atom is -0.384 e. The number of pyridine rings is 1. The molecule has 0 unspecified atom stereocenters. The average molecular weight is 446 g/mol. The van der Waals surface area contributed by atoms with Crippen molar-refractivity contribution in [2.75, 3.05) is 5.73 Å². The molecule has 6 nitrogen and oxygen atoms in total. The molecule has 4 rings (SSSR count). The van der Waals surface area contributed by atoms with E-state index >= 15 is 0 Å². The van der Waals surface area contributed by atoms with Crippen molar-refractivity contribution < 1.29 is 9.59 Å². The first-order valence-electron chi connectivity index (χ1n) is 8.43. The van der Waals surface area contributed by atoms with E-state index in [0.717, 1.165) is 16.5 Å². The van der Waals surface area contributed by atoms with Crippen molar-refractivity contribution in [3.8, 4) is 5.69 Å². The summed E-state index contributed by atoms with van der Waals surface area (Å²) in [6.45, 7) is 0. The van der Waals surface area contributed by atoms with E-state index in [1.165, 1.54) is 4.57 Å². The third-order valence-corrected chi connectivity index (χ3v) is 6.26. The van der Waals surface area contributed by atoms with Crippen LogP contribution in [0.5, 0.6) is 0 Å². The van der Waals surface area contributed by atoms with Crippen molar-refractivity contribution in [1.82, 2.24) is 9.88 Å². The second kappa shape index (κ2) is 7.59. The zero-order valence-corrected chi connectivity index (χ0v) is 17.1. The van der Waals surface area contributed by atoms with Gasteiger partial charge in [0.25, 0.3) is 17.4 Å². The maximum absolute atomic E-state index is 12.5. The highest BCUT2D eigenvalue weighted by atomic mass is 35.5. The molecule has 1 aliphatic heterocycles. The summed E-state index contributed by atoms with van der Waals surface area (Å²) in [7, 11) is 0. The Hall–Kier alpha value is -2.74. The zero-order chi connectivity index (χ0) is 20.7. The number of hydrogen-bond acceptors (Lipinski definition) is 5. The highest BCUT2D eigenvalue weighted by molar-refractivity contribution is 7.98. The molecular formula is C20H13Cl2N3O3S. The summed E-state index contributed by atoms with van der Waals surface area (Å²) < 4.78 is 1.21. The maximum Gasteiger partial charge on any atom is 0.262 e. The highest BCUT2D eigenvalue weighted by Gasteiger charge is 2.31. The van der Waals surface area contributed by atoms with Crippen molar-refractivity contribution in [3.05, 3.63) is 85.6 Å². The molecule has 3 aromatic rings. The Morgan fingerprint density at radius 1 is 0.931 bits per heavy atom. The lowest BCUT2D eigenvalue weighted by molar-refractivity contribution is 0.0880. The molecule has 0 fully saturated rings. The van der Waals surface area contributed by atoms with E-state index in [2.05, 4.69) is 5.32 Å². The molecule has 0 atom stereocenters. The van der Waals surface area contributed by atoms with Crippen LogP contribution in [0, 0.1) is 0 Å². The number of aromatic nitrogens is 1.